The molecule has 0 spiro atoms. The molecule has 1 aliphatic carbocycles. The molecule has 0 saturated heterocycles. The van der Waals surface area contributed by atoms with Crippen LogP contribution in [0.1, 0.15) is 121 Å². The van der Waals surface area contributed by atoms with Gasteiger partial charge in [-0.05, 0) is 86.8 Å². The second kappa shape index (κ2) is 15.2. The summed E-state index contributed by atoms with van der Waals surface area (Å²) < 4.78 is 0. The van der Waals surface area contributed by atoms with Gasteiger partial charge in [-0.25, -0.2) is 0 Å². The number of hydrogen-bond acceptors (Lipinski definition) is 4. The highest BCUT2D eigenvalue weighted by Gasteiger charge is 2.37. The Morgan fingerprint density at radius 3 is 1.97 bits per heavy atom. The Hall–Kier alpha value is -2.10. The summed E-state index contributed by atoms with van der Waals surface area (Å²) in [5.74, 6) is 1.82. The lowest BCUT2D eigenvalue weighted by Gasteiger charge is -2.38. The van der Waals surface area contributed by atoms with E-state index in [1.54, 1.807) is 6.92 Å². The Bertz CT molecular complexity index is 911. The molecule has 0 amide bonds. The zero-order valence-corrected chi connectivity index (χ0v) is 24.3. The molecular formula is C32H50O4. The third kappa shape index (κ3) is 8.78. The number of carbonyl (C=O) groups is 4. The van der Waals surface area contributed by atoms with Gasteiger partial charge in [0.1, 0.15) is 17.3 Å². The van der Waals surface area contributed by atoms with Crippen LogP contribution in [0.25, 0.3) is 0 Å². The molecule has 0 radical (unpaired) electrons. The van der Waals surface area contributed by atoms with Crippen molar-refractivity contribution < 1.29 is 19.2 Å². The lowest BCUT2D eigenvalue weighted by atomic mass is 9.66. The molecule has 2 rings (SSSR count). The number of ketones is 4. The van der Waals surface area contributed by atoms with Gasteiger partial charge >= 0.3 is 0 Å². The molecule has 1 aromatic carbocycles. The first-order chi connectivity index (χ1) is 16.9. The van der Waals surface area contributed by atoms with E-state index in [0.29, 0.717) is 24.7 Å². The molecule has 0 heterocycles. The molecule has 4 heteroatoms. The van der Waals surface area contributed by atoms with Crippen LogP contribution in [0, 0.1) is 36.5 Å². The van der Waals surface area contributed by atoms with Crippen molar-refractivity contribution >= 4 is 23.1 Å². The molecule has 0 aliphatic heterocycles. The summed E-state index contributed by atoms with van der Waals surface area (Å²) in [6, 6.07) is 4.26. The molecule has 4 nitrogen and oxygen atoms in total. The van der Waals surface area contributed by atoms with Crippen LogP contribution in [0.15, 0.2) is 12.1 Å². The van der Waals surface area contributed by atoms with Gasteiger partial charge in [-0.1, -0.05) is 60.1 Å². The molecule has 0 fully saturated rings. The van der Waals surface area contributed by atoms with Gasteiger partial charge in [-0.2, -0.15) is 0 Å². The molecule has 1 aliphatic rings. The van der Waals surface area contributed by atoms with Crippen LogP contribution >= 0.6 is 0 Å². The minimum atomic E-state index is -0.101. The highest BCUT2D eigenvalue weighted by atomic mass is 16.1. The fraction of sp³-hybridized carbons (Fsp3) is 0.688. The third-order valence-corrected chi connectivity index (χ3v) is 8.02. The van der Waals surface area contributed by atoms with Crippen LogP contribution in [-0.4, -0.2) is 23.1 Å². The van der Waals surface area contributed by atoms with E-state index in [1.165, 1.54) is 18.1 Å². The standard InChI is InChI=1S/C28H42O3.C4H8O/c1-8-21-12-11-18(6)28-24(21)14-20(16-27(28)31)15-25(22(9-2)17(4)5)23(10-3)26(30)13-19(7)29;1-3-4(2)5/h11-12,17,20,22-23,25H,8-10,13-16H2,1-7H3;3H2,1-2H3. The minimum Gasteiger partial charge on any atom is -0.300 e. The van der Waals surface area contributed by atoms with Crippen LogP contribution < -0.4 is 0 Å². The minimum absolute atomic E-state index is 0.0368. The van der Waals surface area contributed by atoms with Crippen LogP contribution in [0.3, 0.4) is 0 Å². The summed E-state index contributed by atoms with van der Waals surface area (Å²) in [6.07, 6.45) is 5.80. The maximum Gasteiger partial charge on any atom is 0.163 e. The topological polar surface area (TPSA) is 68.3 Å². The number of Topliss-reactive ketones (excluding diaryl/α,β-unsaturated/α-hetero) is 4. The monoisotopic (exact) mass is 498 g/mol. The highest BCUT2D eigenvalue weighted by molar-refractivity contribution is 6.00. The van der Waals surface area contributed by atoms with Crippen molar-refractivity contribution in [1.82, 2.24) is 0 Å². The predicted octanol–water partition coefficient (Wildman–Crippen LogP) is 7.55. The number of carbonyl (C=O) groups excluding carboxylic acids is 4. The van der Waals surface area contributed by atoms with Crippen LogP contribution in [0.5, 0.6) is 0 Å². The number of benzene rings is 1. The Balaban J connectivity index is 0.00000118. The largest absolute Gasteiger partial charge is 0.300 e. The first-order valence-corrected chi connectivity index (χ1v) is 14.1. The normalized spacial score (nSPS) is 17.5. The average molecular weight is 499 g/mol. The van der Waals surface area contributed by atoms with Gasteiger partial charge in [0.2, 0.25) is 0 Å². The molecule has 0 bridgehead atoms. The Morgan fingerprint density at radius 2 is 1.53 bits per heavy atom. The summed E-state index contributed by atoms with van der Waals surface area (Å²) in [5.41, 5.74) is 4.56. The van der Waals surface area contributed by atoms with Crippen LogP contribution in [0.2, 0.25) is 0 Å². The number of hydrogen-bond donors (Lipinski definition) is 0. The van der Waals surface area contributed by atoms with Gasteiger partial charge < -0.3 is 4.79 Å². The van der Waals surface area contributed by atoms with E-state index in [1.807, 2.05) is 13.8 Å². The fourth-order valence-electron chi connectivity index (χ4n) is 6.09. The Morgan fingerprint density at radius 1 is 0.917 bits per heavy atom. The zero-order valence-electron chi connectivity index (χ0n) is 24.3. The van der Waals surface area contributed by atoms with E-state index < -0.39 is 0 Å². The lowest BCUT2D eigenvalue weighted by Crippen LogP contribution is -2.35. The van der Waals surface area contributed by atoms with Crippen molar-refractivity contribution in [3.8, 4) is 0 Å². The summed E-state index contributed by atoms with van der Waals surface area (Å²) in [4.78, 5) is 47.7. The van der Waals surface area contributed by atoms with Crippen LogP contribution in [0.4, 0.5) is 0 Å². The SMILES string of the molecule is CCC(C)=O.CCc1ccc(C)c2c1CC(CC(C(CC)C(=O)CC(C)=O)C(CC)C(C)C)CC2=O. The van der Waals surface area contributed by atoms with E-state index in [2.05, 4.69) is 46.8 Å². The summed E-state index contributed by atoms with van der Waals surface area (Å²) in [6.45, 7) is 17.9. The number of fused-ring (bicyclic) bond motifs is 1. The van der Waals surface area contributed by atoms with Gasteiger partial charge in [-0.15, -0.1) is 0 Å². The molecule has 0 N–H and O–H groups in total. The highest BCUT2D eigenvalue weighted by Crippen LogP contribution is 2.41. The van der Waals surface area contributed by atoms with Gasteiger partial charge in [-0.3, -0.25) is 14.4 Å². The average Bonchev–Trinajstić information content (AvgIpc) is 2.79. The van der Waals surface area contributed by atoms with Crippen LogP contribution in [-0.2, 0) is 27.2 Å². The number of rotatable bonds is 12. The third-order valence-electron chi connectivity index (χ3n) is 8.02. The van der Waals surface area contributed by atoms with Crippen molar-refractivity contribution in [2.24, 2.45) is 29.6 Å². The molecule has 202 valence electrons. The van der Waals surface area contributed by atoms with Gasteiger partial charge in [0, 0.05) is 24.3 Å². The van der Waals surface area contributed by atoms with Crippen molar-refractivity contribution in [2.45, 2.75) is 114 Å². The quantitative estimate of drug-likeness (QED) is 0.279. The van der Waals surface area contributed by atoms with Gasteiger partial charge in [0.15, 0.2) is 5.78 Å². The predicted molar refractivity (Wildman–Crippen MR) is 148 cm³/mol. The second-order valence-corrected chi connectivity index (χ2v) is 11.1. The lowest BCUT2D eigenvalue weighted by molar-refractivity contribution is -0.130. The number of aryl methyl sites for hydroxylation is 2. The van der Waals surface area contributed by atoms with E-state index in [0.717, 1.165) is 43.2 Å². The van der Waals surface area contributed by atoms with Gasteiger partial charge in [0.25, 0.3) is 0 Å². The summed E-state index contributed by atoms with van der Waals surface area (Å²) in [5, 5.41) is 0. The van der Waals surface area contributed by atoms with E-state index in [9.17, 15) is 19.2 Å². The van der Waals surface area contributed by atoms with Crippen molar-refractivity contribution in [3.63, 3.8) is 0 Å². The second-order valence-electron chi connectivity index (χ2n) is 11.1. The zero-order chi connectivity index (χ0) is 27.6. The van der Waals surface area contributed by atoms with E-state index in [-0.39, 0.29) is 47.3 Å². The van der Waals surface area contributed by atoms with Crippen molar-refractivity contribution in [2.75, 3.05) is 0 Å². The molecule has 1 aromatic rings. The maximum atomic E-state index is 13.1. The molecule has 0 aromatic heterocycles. The smallest absolute Gasteiger partial charge is 0.163 e. The first kappa shape index (κ1) is 31.9. The Labute approximate surface area is 220 Å². The van der Waals surface area contributed by atoms with Gasteiger partial charge in [0.05, 0.1) is 6.42 Å². The van der Waals surface area contributed by atoms with Crippen molar-refractivity contribution in [3.05, 3.63) is 34.4 Å². The fourth-order valence-corrected chi connectivity index (χ4v) is 6.09. The maximum absolute atomic E-state index is 13.1. The van der Waals surface area contributed by atoms with E-state index in [4.69, 9.17) is 0 Å². The van der Waals surface area contributed by atoms with E-state index >= 15 is 0 Å². The Kier molecular flexibility index (Phi) is 13.5. The molecule has 36 heavy (non-hydrogen) atoms. The molecule has 4 unspecified atom stereocenters. The molecule has 4 atom stereocenters. The first-order valence-electron chi connectivity index (χ1n) is 14.1. The summed E-state index contributed by atoms with van der Waals surface area (Å²) in [7, 11) is 0. The molecule has 0 saturated carbocycles. The van der Waals surface area contributed by atoms with Crippen molar-refractivity contribution in [1.29, 1.82) is 0 Å². The summed E-state index contributed by atoms with van der Waals surface area (Å²) >= 11 is 0. The molecular weight excluding hydrogens is 448 g/mol.